The lowest BCUT2D eigenvalue weighted by Gasteiger charge is -2.23. The predicted octanol–water partition coefficient (Wildman–Crippen LogP) is 3.04. The average molecular weight is 329 g/mol. The Balaban J connectivity index is 2.17. The molecule has 1 aromatic carbocycles. The summed E-state index contributed by atoms with van der Waals surface area (Å²) in [5, 5.41) is 0. The topological polar surface area (TPSA) is 45.1 Å². The van der Waals surface area contributed by atoms with Crippen molar-refractivity contribution < 1.29 is 9.53 Å². The highest BCUT2D eigenvalue weighted by atomic mass is 16.5. The fourth-order valence-corrected chi connectivity index (χ4v) is 2.88. The third-order valence-corrected chi connectivity index (χ3v) is 4.32. The minimum absolute atomic E-state index is 0.0612. The van der Waals surface area contributed by atoms with Gasteiger partial charge in [0.2, 0.25) is 5.91 Å². The summed E-state index contributed by atoms with van der Waals surface area (Å²) in [4.78, 5) is 20.6. The van der Waals surface area contributed by atoms with Crippen molar-refractivity contribution in [2.45, 2.75) is 26.7 Å². The molecule has 1 aromatic rings. The van der Waals surface area contributed by atoms with Crippen LogP contribution in [0.1, 0.15) is 25.8 Å². The lowest BCUT2D eigenvalue weighted by atomic mass is 10.1. The van der Waals surface area contributed by atoms with E-state index in [1.165, 1.54) is 11.3 Å². The van der Waals surface area contributed by atoms with E-state index in [1.54, 1.807) is 12.0 Å². The van der Waals surface area contributed by atoms with Gasteiger partial charge in [-0.1, -0.05) is 12.1 Å². The summed E-state index contributed by atoms with van der Waals surface area (Å²) >= 11 is 0. The smallest absolute Gasteiger partial charge is 0.229 e. The van der Waals surface area contributed by atoms with Crippen LogP contribution in [0.15, 0.2) is 35.0 Å². The zero-order valence-electron chi connectivity index (χ0n) is 15.1. The molecule has 0 spiro atoms. The minimum Gasteiger partial charge on any atom is -0.384 e. The summed E-state index contributed by atoms with van der Waals surface area (Å²) in [6, 6.07) is 6.26. The number of hydrogen-bond acceptors (Lipinski definition) is 4. The van der Waals surface area contributed by atoms with Crippen molar-refractivity contribution in [2.24, 2.45) is 4.99 Å². The third-order valence-electron chi connectivity index (χ3n) is 4.32. The van der Waals surface area contributed by atoms with Gasteiger partial charge in [0.25, 0.3) is 0 Å². The Morgan fingerprint density at radius 2 is 2.21 bits per heavy atom. The molecule has 0 fully saturated rings. The van der Waals surface area contributed by atoms with Gasteiger partial charge in [0.15, 0.2) is 0 Å². The number of rotatable bonds is 7. The Bertz CT molecular complexity index is 637. The number of benzene rings is 1. The van der Waals surface area contributed by atoms with Crippen LogP contribution in [0.3, 0.4) is 0 Å². The van der Waals surface area contributed by atoms with E-state index in [1.807, 2.05) is 39.3 Å². The molecule has 0 saturated carbocycles. The van der Waals surface area contributed by atoms with Gasteiger partial charge in [0, 0.05) is 38.3 Å². The second-order valence-corrected chi connectivity index (χ2v) is 5.85. The molecule has 1 aliphatic heterocycles. The average Bonchev–Trinajstić information content (AvgIpc) is 3.00. The van der Waals surface area contributed by atoms with Crippen LogP contribution in [0.25, 0.3) is 0 Å². The molecule has 1 heterocycles. The highest BCUT2D eigenvalue weighted by Gasteiger charge is 2.21. The summed E-state index contributed by atoms with van der Waals surface area (Å²) in [7, 11) is 3.43. The summed E-state index contributed by atoms with van der Waals surface area (Å²) in [6.45, 7) is 6.16. The molecule has 0 saturated heterocycles. The highest BCUT2D eigenvalue weighted by molar-refractivity contribution is 5.93. The molecule has 2 rings (SSSR count). The fourth-order valence-electron chi connectivity index (χ4n) is 2.88. The first-order valence-electron chi connectivity index (χ1n) is 8.38. The van der Waals surface area contributed by atoms with Crippen molar-refractivity contribution in [3.05, 3.63) is 35.5 Å². The molecule has 0 bridgehead atoms. The zero-order valence-corrected chi connectivity index (χ0v) is 15.1. The minimum atomic E-state index is 0.0612. The van der Waals surface area contributed by atoms with Gasteiger partial charge < -0.3 is 14.5 Å². The van der Waals surface area contributed by atoms with E-state index in [0.29, 0.717) is 13.0 Å². The van der Waals surface area contributed by atoms with Crippen LogP contribution in [-0.2, 0) is 16.0 Å². The number of allylic oxidation sites excluding steroid dienone is 1. The first-order valence-corrected chi connectivity index (χ1v) is 8.38. The van der Waals surface area contributed by atoms with Crippen molar-refractivity contribution in [3.8, 4) is 0 Å². The lowest BCUT2D eigenvalue weighted by Crippen LogP contribution is -2.27. The number of fused-ring (bicyclic) bond motifs is 1. The second-order valence-electron chi connectivity index (χ2n) is 5.85. The van der Waals surface area contributed by atoms with Crippen molar-refractivity contribution in [1.29, 1.82) is 0 Å². The maximum atomic E-state index is 12.2. The van der Waals surface area contributed by atoms with E-state index in [4.69, 9.17) is 4.74 Å². The van der Waals surface area contributed by atoms with E-state index in [0.717, 1.165) is 30.9 Å². The number of hydrogen-bond donors (Lipinski definition) is 0. The zero-order chi connectivity index (χ0) is 17.5. The summed E-state index contributed by atoms with van der Waals surface area (Å²) in [5.41, 5.74) is 4.50. The molecule has 1 aliphatic rings. The molecule has 5 nitrogen and oxygen atoms in total. The molecular weight excluding hydrogens is 302 g/mol. The number of amides is 1. The summed E-state index contributed by atoms with van der Waals surface area (Å²) in [6.07, 6.45) is 5.29. The number of carbonyl (C=O) groups is 1. The Kier molecular flexibility index (Phi) is 6.55. The van der Waals surface area contributed by atoms with Crippen LogP contribution >= 0.6 is 0 Å². The molecule has 0 aliphatic carbocycles. The quantitative estimate of drug-likeness (QED) is 0.722. The number of anilines is 2. The second kappa shape index (κ2) is 8.64. The molecular formula is C19H27N3O2. The Morgan fingerprint density at radius 1 is 1.42 bits per heavy atom. The predicted molar refractivity (Wildman–Crippen MR) is 100 cm³/mol. The molecule has 0 N–H and O–H groups in total. The lowest BCUT2D eigenvalue weighted by molar-refractivity contribution is -0.119. The number of carbonyl (C=O) groups excluding carboxylic acids is 1. The SMILES string of the molecule is CC=N/C(=C\C)CN1CCc2ccc(N(C)C(=O)CCOC)cc21. The van der Waals surface area contributed by atoms with Gasteiger partial charge in [-0.15, -0.1) is 0 Å². The Labute approximate surface area is 144 Å². The number of aliphatic imine (C=N–C) groups is 1. The van der Waals surface area contributed by atoms with Gasteiger partial charge in [0.1, 0.15) is 0 Å². The van der Waals surface area contributed by atoms with Crippen LogP contribution in [0.4, 0.5) is 11.4 Å². The molecule has 0 atom stereocenters. The first kappa shape index (κ1) is 18.2. The van der Waals surface area contributed by atoms with Crippen molar-refractivity contribution in [3.63, 3.8) is 0 Å². The molecule has 5 heteroatoms. The van der Waals surface area contributed by atoms with Crippen molar-refractivity contribution in [1.82, 2.24) is 0 Å². The largest absolute Gasteiger partial charge is 0.384 e. The van der Waals surface area contributed by atoms with E-state index in [2.05, 4.69) is 22.0 Å². The maximum absolute atomic E-state index is 12.2. The van der Waals surface area contributed by atoms with E-state index < -0.39 is 0 Å². The monoisotopic (exact) mass is 329 g/mol. The maximum Gasteiger partial charge on any atom is 0.229 e. The van der Waals surface area contributed by atoms with Crippen LogP contribution < -0.4 is 9.80 Å². The summed E-state index contributed by atoms with van der Waals surface area (Å²) < 4.78 is 4.99. The summed E-state index contributed by atoms with van der Waals surface area (Å²) in [5.74, 6) is 0.0612. The van der Waals surface area contributed by atoms with E-state index in [9.17, 15) is 4.79 Å². The van der Waals surface area contributed by atoms with Crippen LogP contribution in [0.5, 0.6) is 0 Å². The third kappa shape index (κ3) is 4.23. The molecule has 0 aromatic heterocycles. The van der Waals surface area contributed by atoms with Gasteiger partial charge in [-0.05, 0) is 38.0 Å². The molecule has 130 valence electrons. The number of methoxy groups -OCH3 is 1. The molecule has 0 unspecified atom stereocenters. The van der Waals surface area contributed by atoms with Gasteiger partial charge in [-0.2, -0.15) is 0 Å². The fraction of sp³-hybridized carbons (Fsp3) is 0.474. The van der Waals surface area contributed by atoms with Crippen LogP contribution in [0, 0.1) is 0 Å². The molecule has 1 amide bonds. The highest BCUT2D eigenvalue weighted by Crippen LogP contribution is 2.32. The van der Waals surface area contributed by atoms with Crippen LogP contribution in [-0.4, -0.2) is 46.0 Å². The van der Waals surface area contributed by atoms with Crippen molar-refractivity contribution >= 4 is 23.5 Å². The standard InChI is InChI=1S/C19H27N3O2/c1-5-16(20-6-2)14-22-11-9-15-7-8-17(13-18(15)22)21(3)19(23)10-12-24-4/h5-8,13H,9-12,14H2,1-4H3/b16-5-,20-6?. The molecule has 0 radical (unpaired) electrons. The van der Waals surface area contributed by atoms with Crippen molar-refractivity contribution in [2.75, 3.05) is 43.7 Å². The van der Waals surface area contributed by atoms with Gasteiger partial charge in [0.05, 0.1) is 25.3 Å². The Morgan fingerprint density at radius 3 is 2.88 bits per heavy atom. The van der Waals surface area contributed by atoms with E-state index in [-0.39, 0.29) is 5.91 Å². The Hall–Kier alpha value is -2.14. The number of ether oxygens (including phenoxy) is 1. The van der Waals surface area contributed by atoms with E-state index >= 15 is 0 Å². The molecule has 24 heavy (non-hydrogen) atoms. The van der Waals surface area contributed by atoms with Gasteiger partial charge in [-0.3, -0.25) is 9.79 Å². The number of nitrogens with zero attached hydrogens (tertiary/aromatic N) is 3. The van der Waals surface area contributed by atoms with Gasteiger partial charge in [-0.25, -0.2) is 0 Å². The van der Waals surface area contributed by atoms with Gasteiger partial charge >= 0.3 is 0 Å². The normalized spacial score (nSPS) is 14.3. The first-order chi connectivity index (χ1) is 11.6. The van der Waals surface area contributed by atoms with Crippen LogP contribution in [0.2, 0.25) is 0 Å².